The summed E-state index contributed by atoms with van der Waals surface area (Å²) in [7, 11) is 0. The summed E-state index contributed by atoms with van der Waals surface area (Å²) >= 11 is 0. The van der Waals surface area contributed by atoms with Gasteiger partial charge < -0.3 is 20.0 Å². The molecule has 5 rings (SSSR count). The van der Waals surface area contributed by atoms with Gasteiger partial charge >= 0.3 is 0 Å². The van der Waals surface area contributed by atoms with E-state index in [2.05, 4.69) is 32.6 Å². The molecule has 27 heavy (non-hydrogen) atoms. The van der Waals surface area contributed by atoms with Crippen molar-refractivity contribution in [3.05, 3.63) is 54.0 Å². The second-order valence-electron chi connectivity index (χ2n) is 7.20. The summed E-state index contributed by atoms with van der Waals surface area (Å²) in [6.45, 7) is 1.56. The molecule has 8 heteroatoms. The fourth-order valence-electron chi connectivity index (χ4n) is 3.48. The lowest BCUT2D eigenvalue weighted by Gasteiger charge is -2.40. The SMILES string of the molecule is O=C(N[C@H]1C[C@H](N2C=C(C3COC3)NN2)C1)c1cc(-c2ccccc2)on1. The molecule has 0 unspecified atom stereocenters. The average molecular weight is 367 g/mol. The molecule has 2 fully saturated rings. The smallest absolute Gasteiger partial charge is 0.273 e. The third kappa shape index (κ3) is 3.17. The second kappa shape index (κ2) is 6.71. The normalized spacial score (nSPS) is 24.6. The van der Waals surface area contributed by atoms with Crippen molar-refractivity contribution in [2.24, 2.45) is 5.92 Å². The van der Waals surface area contributed by atoms with Crippen LogP contribution in [0.25, 0.3) is 11.3 Å². The molecule has 0 bridgehead atoms. The predicted molar refractivity (Wildman–Crippen MR) is 96.7 cm³/mol. The first-order chi connectivity index (χ1) is 13.3. The Morgan fingerprint density at radius 1 is 1.22 bits per heavy atom. The summed E-state index contributed by atoms with van der Waals surface area (Å²) in [5.41, 5.74) is 8.77. The van der Waals surface area contributed by atoms with Crippen LogP contribution in [0.15, 0.2) is 52.8 Å². The van der Waals surface area contributed by atoms with E-state index in [1.54, 1.807) is 6.07 Å². The number of ether oxygens (including phenoxy) is 1. The van der Waals surface area contributed by atoms with Gasteiger partial charge in [-0.25, -0.2) is 0 Å². The van der Waals surface area contributed by atoms with Crippen LogP contribution in [0.5, 0.6) is 0 Å². The molecule has 1 saturated carbocycles. The number of hydrogen-bond donors (Lipinski definition) is 3. The lowest BCUT2D eigenvalue weighted by atomic mass is 9.86. The Bertz CT molecular complexity index is 855. The van der Waals surface area contributed by atoms with Crippen LogP contribution in [0.2, 0.25) is 0 Å². The van der Waals surface area contributed by atoms with Crippen LogP contribution in [-0.2, 0) is 4.74 Å². The highest BCUT2D eigenvalue weighted by molar-refractivity contribution is 5.93. The zero-order valence-corrected chi connectivity index (χ0v) is 14.7. The minimum absolute atomic E-state index is 0.144. The van der Waals surface area contributed by atoms with Gasteiger partial charge in [-0.15, -0.1) is 5.53 Å². The Hall–Kier alpha value is -2.84. The van der Waals surface area contributed by atoms with Crippen molar-refractivity contribution in [2.75, 3.05) is 13.2 Å². The van der Waals surface area contributed by atoms with Crippen molar-refractivity contribution >= 4 is 5.91 Å². The first-order valence-electron chi connectivity index (χ1n) is 9.19. The fraction of sp³-hybridized carbons (Fsp3) is 0.368. The zero-order valence-electron chi connectivity index (χ0n) is 14.7. The zero-order chi connectivity index (χ0) is 18.2. The quantitative estimate of drug-likeness (QED) is 0.736. The fourth-order valence-corrected chi connectivity index (χ4v) is 3.48. The maximum atomic E-state index is 12.4. The molecule has 3 heterocycles. The minimum atomic E-state index is -0.195. The van der Waals surface area contributed by atoms with Gasteiger partial charge in [0, 0.05) is 29.8 Å². The van der Waals surface area contributed by atoms with Gasteiger partial charge in [0.2, 0.25) is 0 Å². The van der Waals surface area contributed by atoms with Crippen molar-refractivity contribution in [1.29, 1.82) is 0 Å². The van der Waals surface area contributed by atoms with E-state index in [9.17, 15) is 4.79 Å². The van der Waals surface area contributed by atoms with E-state index in [0.29, 0.717) is 23.4 Å². The number of benzene rings is 1. The summed E-state index contributed by atoms with van der Waals surface area (Å²) in [6.07, 6.45) is 3.88. The molecule has 140 valence electrons. The van der Waals surface area contributed by atoms with Gasteiger partial charge in [-0.2, -0.15) is 0 Å². The number of hydrogen-bond acceptors (Lipinski definition) is 7. The van der Waals surface area contributed by atoms with E-state index < -0.39 is 0 Å². The monoisotopic (exact) mass is 367 g/mol. The maximum absolute atomic E-state index is 12.4. The van der Waals surface area contributed by atoms with Crippen molar-refractivity contribution in [1.82, 2.24) is 26.4 Å². The first-order valence-corrected chi connectivity index (χ1v) is 9.19. The highest BCUT2D eigenvalue weighted by Gasteiger charge is 2.37. The number of amides is 1. The topological polar surface area (TPSA) is 91.7 Å². The van der Waals surface area contributed by atoms with Gasteiger partial charge in [0.15, 0.2) is 11.5 Å². The van der Waals surface area contributed by atoms with Gasteiger partial charge in [0.25, 0.3) is 5.91 Å². The number of carbonyl (C=O) groups is 1. The molecule has 1 amide bonds. The van der Waals surface area contributed by atoms with Crippen molar-refractivity contribution in [3.8, 4) is 11.3 Å². The Morgan fingerprint density at radius 3 is 2.78 bits per heavy atom. The van der Waals surface area contributed by atoms with Crippen LogP contribution in [0.4, 0.5) is 0 Å². The van der Waals surface area contributed by atoms with E-state index in [1.807, 2.05) is 30.3 Å². The molecule has 8 nitrogen and oxygen atoms in total. The van der Waals surface area contributed by atoms with Gasteiger partial charge in [-0.05, 0) is 12.8 Å². The summed E-state index contributed by atoms with van der Waals surface area (Å²) in [5, 5.41) is 9.02. The summed E-state index contributed by atoms with van der Waals surface area (Å²) in [6, 6.07) is 11.8. The third-order valence-corrected chi connectivity index (χ3v) is 5.33. The van der Waals surface area contributed by atoms with Crippen molar-refractivity contribution in [3.63, 3.8) is 0 Å². The van der Waals surface area contributed by atoms with Gasteiger partial charge in [-0.1, -0.05) is 35.5 Å². The molecule has 3 aliphatic rings. The van der Waals surface area contributed by atoms with Crippen LogP contribution in [-0.4, -0.2) is 41.4 Å². The van der Waals surface area contributed by atoms with Crippen LogP contribution >= 0.6 is 0 Å². The molecule has 3 N–H and O–H groups in total. The van der Waals surface area contributed by atoms with Gasteiger partial charge in [-0.3, -0.25) is 9.80 Å². The molecule has 0 spiro atoms. The number of aromatic nitrogens is 1. The Morgan fingerprint density at radius 2 is 2.04 bits per heavy atom. The highest BCUT2D eigenvalue weighted by atomic mass is 16.5. The molecule has 1 saturated heterocycles. The Balaban J connectivity index is 1.13. The van der Waals surface area contributed by atoms with E-state index >= 15 is 0 Å². The number of hydrazine groups is 2. The highest BCUT2D eigenvalue weighted by Crippen LogP contribution is 2.29. The van der Waals surface area contributed by atoms with E-state index in [-0.39, 0.29) is 11.9 Å². The van der Waals surface area contributed by atoms with Gasteiger partial charge in [0.05, 0.1) is 25.0 Å². The molecular weight excluding hydrogens is 346 g/mol. The molecule has 0 atom stereocenters. The van der Waals surface area contributed by atoms with E-state index in [4.69, 9.17) is 9.26 Å². The van der Waals surface area contributed by atoms with Crippen LogP contribution in [0.3, 0.4) is 0 Å². The number of rotatable bonds is 5. The predicted octanol–water partition coefficient (Wildman–Crippen LogP) is 1.41. The molecule has 1 aromatic carbocycles. The maximum Gasteiger partial charge on any atom is 0.273 e. The van der Waals surface area contributed by atoms with E-state index in [1.165, 1.54) is 5.70 Å². The lowest BCUT2D eigenvalue weighted by molar-refractivity contribution is -0.0162. The lowest BCUT2D eigenvalue weighted by Crippen LogP contribution is -2.56. The first kappa shape index (κ1) is 16.3. The molecule has 2 aliphatic heterocycles. The summed E-state index contributed by atoms with van der Waals surface area (Å²) < 4.78 is 10.5. The van der Waals surface area contributed by atoms with Gasteiger partial charge in [0.1, 0.15) is 0 Å². The molecule has 0 radical (unpaired) electrons. The third-order valence-electron chi connectivity index (χ3n) is 5.33. The van der Waals surface area contributed by atoms with Crippen LogP contribution in [0.1, 0.15) is 23.3 Å². The molecular formula is C19H21N5O3. The summed E-state index contributed by atoms with van der Waals surface area (Å²) in [5.74, 6) is 0.862. The average Bonchev–Trinajstić information content (AvgIpc) is 3.27. The number of nitrogens with zero attached hydrogens (tertiary/aromatic N) is 2. The second-order valence-corrected chi connectivity index (χ2v) is 7.20. The Labute approximate surface area is 156 Å². The van der Waals surface area contributed by atoms with Crippen molar-refractivity contribution in [2.45, 2.75) is 24.9 Å². The molecule has 1 aromatic heterocycles. The minimum Gasteiger partial charge on any atom is -0.380 e. The van der Waals surface area contributed by atoms with Crippen LogP contribution in [0, 0.1) is 5.92 Å². The largest absolute Gasteiger partial charge is 0.380 e. The molecule has 1 aliphatic carbocycles. The standard InChI is InChI=1S/C19H21N5O3/c25-19(16-8-18(27-22-16)12-4-2-1-3-5-12)20-14-6-15(7-14)24-9-17(21-23-24)13-10-26-11-13/h1-5,8-9,13-15,21,23H,6-7,10-11H2,(H,20,25)/t14-,15-. The van der Waals surface area contributed by atoms with E-state index in [0.717, 1.165) is 31.6 Å². The number of nitrogens with one attached hydrogen (secondary N) is 3. The summed E-state index contributed by atoms with van der Waals surface area (Å²) in [4.78, 5) is 12.4. The number of carbonyl (C=O) groups excluding carboxylic acids is 1. The van der Waals surface area contributed by atoms with Crippen LogP contribution < -0.4 is 16.3 Å². The van der Waals surface area contributed by atoms with Crippen molar-refractivity contribution < 1.29 is 14.1 Å². The Kier molecular flexibility index (Phi) is 4.06. The molecule has 2 aromatic rings.